The van der Waals surface area contributed by atoms with Crippen LogP contribution in [0.2, 0.25) is 5.02 Å². The number of thiocarbonyl (C=S) groups is 1. The molecule has 3 N–H and O–H groups in total. The van der Waals surface area contributed by atoms with Gasteiger partial charge in [-0.05, 0) is 42.7 Å². The van der Waals surface area contributed by atoms with Crippen molar-refractivity contribution in [3.8, 4) is 5.75 Å². The van der Waals surface area contributed by atoms with Gasteiger partial charge < -0.3 is 20.7 Å². The summed E-state index contributed by atoms with van der Waals surface area (Å²) in [6.07, 6.45) is 0. The van der Waals surface area contributed by atoms with Gasteiger partial charge in [0, 0.05) is 21.7 Å². The summed E-state index contributed by atoms with van der Waals surface area (Å²) in [6, 6.07) is 8.68. The van der Waals surface area contributed by atoms with Gasteiger partial charge in [-0.3, -0.25) is 4.79 Å². The maximum absolute atomic E-state index is 13.0. The van der Waals surface area contributed by atoms with Crippen LogP contribution in [-0.4, -0.2) is 18.1 Å². The Labute approximate surface area is 160 Å². The molecular weight excluding hydrogens is 378 g/mol. The van der Waals surface area contributed by atoms with Gasteiger partial charge in [0.15, 0.2) is 5.11 Å². The van der Waals surface area contributed by atoms with Crippen LogP contribution in [0.25, 0.3) is 0 Å². The predicted molar refractivity (Wildman–Crippen MR) is 105 cm³/mol. The van der Waals surface area contributed by atoms with Gasteiger partial charge >= 0.3 is 0 Å². The quantitative estimate of drug-likeness (QED) is 0.689. The summed E-state index contributed by atoms with van der Waals surface area (Å²) in [5.74, 6) is 0.262. The number of methoxy groups -OCH3 is 1. The number of anilines is 1. The number of allylic oxidation sites excluding steroid dienone is 1. The first-order valence-corrected chi connectivity index (χ1v) is 9.12. The number of carbonyl (C=O) groups is 1. The number of hydrogen-bond donors (Lipinski definition) is 3. The second-order valence-corrected chi connectivity index (χ2v) is 7.21. The minimum absolute atomic E-state index is 0.237. The summed E-state index contributed by atoms with van der Waals surface area (Å²) in [6.45, 7) is 1.84. The fraction of sp³-hybridized carbons (Fsp3) is 0.176. The normalized spacial score (nSPS) is 16.9. The third kappa shape index (κ3) is 3.78. The summed E-state index contributed by atoms with van der Waals surface area (Å²) >= 11 is 12.8. The summed E-state index contributed by atoms with van der Waals surface area (Å²) in [5.41, 5.74) is 1.84. The molecule has 1 atom stereocenters. The predicted octanol–water partition coefficient (Wildman–Crippen LogP) is 3.84. The Morgan fingerprint density at radius 2 is 2.20 bits per heavy atom. The van der Waals surface area contributed by atoms with Gasteiger partial charge in [-0.2, -0.15) is 0 Å². The van der Waals surface area contributed by atoms with Crippen molar-refractivity contribution in [2.75, 3.05) is 12.4 Å². The topological polar surface area (TPSA) is 62.4 Å². The number of carbonyl (C=O) groups excluding carboxylic acids is 1. The van der Waals surface area contributed by atoms with E-state index in [4.69, 9.17) is 28.6 Å². The molecule has 1 amide bonds. The van der Waals surface area contributed by atoms with Crippen LogP contribution in [0.4, 0.5) is 5.69 Å². The summed E-state index contributed by atoms with van der Waals surface area (Å²) in [7, 11) is 1.53. The number of ether oxygens (including phenoxy) is 1. The van der Waals surface area contributed by atoms with Gasteiger partial charge in [-0.15, -0.1) is 11.3 Å². The van der Waals surface area contributed by atoms with Crippen molar-refractivity contribution in [3.05, 3.63) is 56.9 Å². The van der Waals surface area contributed by atoms with Gasteiger partial charge in [0.1, 0.15) is 5.75 Å². The summed E-state index contributed by atoms with van der Waals surface area (Å²) in [4.78, 5) is 14.0. The van der Waals surface area contributed by atoms with Gasteiger partial charge in [0.05, 0.1) is 24.4 Å². The molecule has 2 heterocycles. The van der Waals surface area contributed by atoms with E-state index in [-0.39, 0.29) is 11.9 Å². The van der Waals surface area contributed by atoms with Crippen LogP contribution >= 0.6 is 35.2 Å². The van der Waals surface area contributed by atoms with Crippen LogP contribution in [0, 0.1) is 0 Å². The van der Waals surface area contributed by atoms with Crippen LogP contribution in [0.1, 0.15) is 17.8 Å². The highest BCUT2D eigenvalue weighted by atomic mass is 35.5. The van der Waals surface area contributed by atoms with E-state index in [2.05, 4.69) is 16.0 Å². The first-order chi connectivity index (χ1) is 12.0. The lowest BCUT2D eigenvalue weighted by molar-refractivity contribution is -0.113. The van der Waals surface area contributed by atoms with Crippen LogP contribution in [0.5, 0.6) is 5.75 Å². The van der Waals surface area contributed by atoms with Crippen molar-refractivity contribution in [1.82, 2.24) is 10.6 Å². The smallest absolute Gasteiger partial charge is 0.255 e. The molecule has 0 unspecified atom stereocenters. The number of nitrogens with one attached hydrogen (secondary N) is 3. The van der Waals surface area contributed by atoms with Crippen molar-refractivity contribution in [2.45, 2.75) is 13.0 Å². The molecule has 0 bridgehead atoms. The van der Waals surface area contributed by atoms with Crippen molar-refractivity contribution in [1.29, 1.82) is 0 Å². The van der Waals surface area contributed by atoms with Crippen LogP contribution in [0.15, 0.2) is 47.0 Å². The third-order valence-corrected chi connectivity index (χ3v) is 5.15. The lowest BCUT2D eigenvalue weighted by Crippen LogP contribution is -2.45. The van der Waals surface area contributed by atoms with Crippen molar-refractivity contribution < 1.29 is 9.53 Å². The molecular formula is C17H16ClN3O2S2. The Hall–Kier alpha value is -2.09. The Morgan fingerprint density at radius 1 is 1.40 bits per heavy atom. The average molecular weight is 394 g/mol. The lowest BCUT2D eigenvalue weighted by atomic mass is 10.0. The van der Waals surface area contributed by atoms with E-state index in [0.29, 0.717) is 32.8 Å². The van der Waals surface area contributed by atoms with Crippen molar-refractivity contribution >= 4 is 51.9 Å². The SMILES string of the molecule is COc1cc(Cl)ccc1NC(=O)C1=C(C)NC(=S)N[C@@H]1c1cccs1. The first kappa shape index (κ1) is 17.7. The number of benzene rings is 1. The molecule has 0 radical (unpaired) electrons. The molecule has 1 aliphatic heterocycles. The molecule has 8 heteroatoms. The molecule has 0 saturated heterocycles. The van der Waals surface area contributed by atoms with E-state index in [0.717, 1.165) is 4.88 Å². The molecule has 3 rings (SSSR count). The van der Waals surface area contributed by atoms with Crippen LogP contribution < -0.4 is 20.7 Å². The van der Waals surface area contributed by atoms with Gasteiger partial charge in [0.2, 0.25) is 0 Å². The fourth-order valence-corrected chi connectivity index (χ4v) is 3.84. The molecule has 2 aromatic rings. The molecule has 1 aromatic heterocycles. The number of amides is 1. The summed E-state index contributed by atoms with van der Waals surface area (Å²) in [5, 5.41) is 12.1. The monoisotopic (exact) mass is 393 g/mol. The number of rotatable bonds is 4. The lowest BCUT2D eigenvalue weighted by Gasteiger charge is -2.29. The van der Waals surface area contributed by atoms with E-state index in [1.165, 1.54) is 7.11 Å². The van der Waals surface area contributed by atoms with Gasteiger partial charge in [0.25, 0.3) is 5.91 Å². The zero-order valence-electron chi connectivity index (χ0n) is 13.6. The number of halogens is 1. The highest BCUT2D eigenvalue weighted by molar-refractivity contribution is 7.80. The molecule has 0 saturated carbocycles. The van der Waals surface area contributed by atoms with Crippen LogP contribution in [0.3, 0.4) is 0 Å². The second kappa shape index (κ2) is 7.43. The van der Waals surface area contributed by atoms with Gasteiger partial charge in [-0.1, -0.05) is 17.7 Å². The Balaban J connectivity index is 1.94. The Kier molecular flexibility index (Phi) is 5.27. The standard InChI is InChI=1S/C17H16ClN3O2S2/c1-9-14(15(21-17(24)19-9)13-4-3-7-25-13)16(22)20-11-6-5-10(18)8-12(11)23-2/h3-8,15H,1-2H3,(H,20,22)(H2,19,21,24)/t15-/m1/s1. The third-order valence-electron chi connectivity index (χ3n) is 3.75. The Bertz CT molecular complexity index is 850. The molecule has 25 heavy (non-hydrogen) atoms. The molecule has 1 aromatic carbocycles. The van der Waals surface area contributed by atoms with E-state index in [9.17, 15) is 4.79 Å². The summed E-state index contributed by atoms with van der Waals surface area (Å²) < 4.78 is 5.29. The van der Waals surface area contributed by atoms with Gasteiger partial charge in [-0.25, -0.2) is 0 Å². The minimum Gasteiger partial charge on any atom is -0.495 e. The van der Waals surface area contributed by atoms with E-state index in [1.54, 1.807) is 29.5 Å². The zero-order valence-corrected chi connectivity index (χ0v) is 15.9. The molecule has 1 aliphatic rings. The highest BCUT2D eigenvalue weighted by Crippen LogP contribution is 2.32. The molecule has 0 spiro atoms. The van der Waals surface area contributed by atoms with E-state index < -0.39 is 0 Å². The van der Waals surface area contributed by atoms with Crippen molar-refractivity contribution in [3.63, 3.8) is 0 Å². The largest absolute Gasteiger partial charge is 0.495 e. The molecule has 130 valence electrons. The Morgan fingerprint density at radius 3 is 2.88 bits per heavy atom. The minimum atomic E-state index is -0.299. The molecule has 0 fully saturated rings. The maximum Gasteiger partial charge on any atom is 0.255 e. The first-order valence-electron chi connectivity index (χ1n) is 7.46. The van der Waals surface area contributed by atoms with E-state index >= 15 is 0 Å². The number of hydrogen-bond acceptors (Lipinski definition) is 4. The average Bonchev–Trinajstić information content (AvgIpc) is 3.10. The van der Waals surface area contributed by atoms with E-state index in [1.807, 2.05) is 24.4 Å². The van der Waals surface area contributed by atoms with Crippen LogP contribution in [-0.2, 0) is 4.79 Å². The number of thiophene rings is 1. The molecule has 5 nitrogen and oxygen atoms in total. The van der Waals surface area contributed by atoms with Crippen molar-refractivity contribution in [2.24, 2.45) is 0 Å². The highest BCUT2D eigenvalue weighted by Gasteiger charge is 2.30. The molecule has 0 aliphatic carbocycles. The second-order valence-electron chi connectivity index (χ2n) is 5.38. The zero-order chi connectivity index (χ0) is 18.0. The fourth-order valence-electron chi connectivity index (χ4n) is 2.62. The maximum atomic E-state index is 13.0.